The minimum Gasteiger partial charge on any atom is -0.456 e. The van der Waals surface area contributed by atoms with E-state index in [1.807, 2.05) is 91.0 Å². The number of fused-ring (bicyclic) bond motifs is 6. The molecule has 0 bridgehead atoms. The average Bonchev–Trinajstić information content (AvgIpc) is 3.29. The lowest BCUT2D eigenvalue weighted by Gasteiger charge is -2.37. The molecule has 0 aromatic heterocycles. The molecule has 0 saturated heterocycles. The number of rotatable bonds is 4. The molecule has 2 heterocycles. The lowest BCUT2D eigenvalue weighted by Crippen LogP contribution is -2.33. The second-order valence-corrected chi connectivity index (χ2v) is 9.27. The van der Waals surface area contributed by atoms with Crippen LogP contribution in [0.4, 0.5) is 11.4 Å². The van der Waals surface area contributed by atoms with Crippen LogP contribution in [-0.2, 0) is 10.3 Å². The number of carbonyl (C=O) groups is 2. The minimum atomic E-state index is -1.33. The van der Waals surface area contributed by atoms with Gasteiger partial charge in [-0.25, -0.2) is 9.59 Å². The largest absolute Gasteiger partial charge is 0.456 e. The molecule has 2 aliphatic rings. The molecular formula is C33H21NO5. The van der Waals surface area contributed by atoms with Crippen LogP contribution in [0, 0.1) is 0 Å². The standard InChI is InChI=1S/C33H21NO5/c35-31(21-11-3-1-4-12-21)38-28-20-19-25(34-22-13-5-2-6-14-22)30-29(28)32(36)39-33(30)23-15-7-9-17-26(23)37-27-18-10-8-16-24(27)33/h1-20,34H. The molecule has 0 atom stereocenters. The van der Waals surface area contributed by atoms with Gasteiger partial charge in [0.15, 0.2) is 5.60 Å². The molecule has 5 aromatic rings. The van der Waals surface area contributed by atoms with E-state index in [0.717, 1.165) is 5.69 Å². The van der Waals surface area contributed by atoms with Gasteiger partial charge in [-0.15, -0.1) is 0 Å². The summed E-state index contributed by atoms with van der Waals surface area (Å²) in [5.41, 5.74) is 2.62. The maximum atomic E-state index is 13.8. The van der Waals surface area contributed by atoms with Gasteiger partial charge in [0.05, 0.1) is 5.56 Å². The maximum absolute atomic E-state index is 13.8. The molecule has 0 radical (unpaired) electrons. The average molecular weight is 512 g/mol. The highest BCUT2D eigenvalue weighted by molar-refractivity contribution is 6.03. The van der Waals surface area contributed by atoms with E-state index < -0.39 is 17.5 Å². The second kappa shape index (κ2) is 8.89. The molecule has 1 N–H and O–H groups in total. The highest BCUT2D eigenvalue weighted by Gasteiger charge is 2.56. The van der Waals surface area contributed by atoms with Crippen molar-refractivity contribution >= 4 is 23.3 Å². The van der Waals surface area contributed by atoms with Gasteiger partial charge in [0.25, 0.3) is 0 Å². The van der Waals surface area contributed by atoms with Gasteiger partial charge in [-0.3, -0.25) is 0 Å². The van der Waals surface area contributed by atoms with E-state index in [1.54, 1.807) is 30.3 Å². The summed E-state index contributed by atoms with van der Waals surface area (Å²) in [5, 5.41) is 3.46. The van der Waals surface area contributed by atoms with Gasteiger partial charge in [0.2, 0.25) is 0 Å². The zero-order chi connectivity index (χ0) is 26.4. The van der Waals surface area contributed by atoms with Gasteiger partial charge in [0.1, 0.15) is 22.8 Å². The molecule has 39 heavy (non-hydrogen) atoms. The van der Waals surface area contributed by atoms with E-state index in [9.17, 15) is 9.59 Å². The first-order chi connectivity index (χ1) is 19.1. The summed E-state index contributed by atoms with van der Waals surface area (Å²) < 4.78 is 18.4. The van der Waals surface area contributed by atoms with Crippen molar-refractivity contribution in [3.63, 3.8) is 0 Å². The Morgan fingerprint density at radius 3 is 1.95 bits per heavy atom. The molecular weight excluding hydrogens is 490 g/mol. The van der Waals surface area contributed by atoms with Crippen molar-refractivity contribution in [2.24, 2.45) is 0 Å². The molecule has 188 valence electrons. The van der Waals surface area contributed by atoms with Gasteiger partial charge in [-0.1, -0.05) is 72.8 Å². The first-order valence-electron chi connectivity index (χ1n) is 12.5. The fourth-order valence-corrected chi connectivity index (χ4v) is 5.33. The Hall–Kier alpha value is -5.36. The second-order valence-electron chi connectivity index (χ2n) is 9.27. The van der Waals surface area contributed by atoms with Gasteiger partial charge < -0.3 is 19.5 Å². The van der Waals surface area contributed by atoms with Gasteiger partial charge >= 0.3 is 11.9 Å². The van der Waals surface area contributed by atoms with Crippen LogP contribution in [0.5, 0.6) is 17.2 Å². The summed E-state index contributed by atoms with van der Waals surface area (Å²) in [4.78, 5) is 26.9. The van der Waals surface area contributed by atoms with Crippen molar-refractivity contribution in [2.45, 2.75) is 5.60 Å². The zero-order valence-corrected chi connectivity index (χ0v) is 20.6. The van der Waals surface area contributed by atoms with Crippen molar-refractivity contribution in [3.05, 3.63) is 149 Å². The van der Waals surface area contributed by atoms with Crippen LogP contribution in [0.15, 0.2) is 121 Å². The van der Waals surface area contributed by atoms with E-state index in [4.69, 9.17) is 14.2 Å². The number of ether oxygens (including phenoxy) is 3. The highest BCUT2D eigenvalue weighted by Crippen LogP contribution is 2.59. The van der Waals surface area contributed by atoms with Crippen LogP contribution in [0.3, 0.4) is 0 Å². The van der Waals surface area contributed by atoms with Crippen molar-refractivity contribution in [1.82, 2.24) is 0 Å². The van der Waals surface area contributed by atoms with Gasteiger partial charge in [0, 0.05) is 28.1 Å². The summed E-state index contributed by atoms with van der Waals surface area (Å²) in [5.74, 6) is 0.122. The molecule has 0 amide bonds. The number of hydrogen-bond donors (Lipinski definition) is 1. The molecule has 0 aliphatic carbocycles. The number of para-hydroxylation sites is 3. The SMILES string of the molecule is O=C(Oc1ccc(Nc2ccccc2)c2c1C(=O)OC21c2ccccc2Oc2ccccc21)c1ccccc1. The van der Waals surface area contributed by atoms with E-state index in [1.165, 1.54) is 0 Å². The van der Waals surface area contributed by atoms with Crippen LogP contribution < -0.4 is 14.8 Å². The Morgan fingerprint density at radius 2 is 1.28 bits per heavy atom. The zero-order valence-electron chi connectivity index (χ0n) is 20.6. The van der Waals surface area contributed by atoms with Crippen LogP contribution >= 0.6 is 0 Å². The number of benzene rings is 5. The van der Waals surface area contributed by atoms with Crippen molar-refractivity contribution in [3.8, 4) is 17.2 Å². The van der Waals surface area contributed by atoms with Crippen LogP contribution in [-0.4, -0.2) is 11.9 Å². The molecule has 0 fully saturated rings. The third-order valence-electron chi connectivity index (χ3n) is 6.99. The summed E-state index contributed by atoms with van der Waals surface area (Å²) in [6, 6.07) is 36.8. The Bertz CT molecular complexity index is 1700. The third kappa shape index (κ3) is 3.57. The maximum Gasteiger partial charge on any atom is 0.344 e. The van der Waals surface area contributed by atoms with E-state index in [0.29, 0.717) is 39.4 Å². The Morgan fingerprint density at radius 1 is 0.692 bits per heavy atom. The summed E-state index contributed by atoms with van der Waals surface area (Å²) in [6.07, 6.45) is 0. The summed E-state index contributed by atoms with van der Waals surface area (Å²) in [7, 11) is 0. The van der Waals surface area contributed by atoms with Crippen LogP contribution in [0.1, 0.15) is 37.4 Å². The lowest BCUT2D eigenvalue weighted by molar-refractivity contribution is 0.0225. The summed E-state index contributed by atoms with van der Waals surface area (Å²) in [6.45, 7) is 0. The normalized spacial score (nSPS) is 13.9. The Kier molecular flexibility index (Phi) is 5.20. The molecule has 7 rings (SSSR count). The highest BCUT2D eigenvalue weighted by atomic mass is 16.6. The Labute approximate surface area is 224 Å². The van der Waals surface area contributed by atoms with Crippen molar-refractivity contribution in [2.75, 3.05) is 5.32 Å². The first kappa shape index (κ1) is 22.8. The molecule has 5 aromatic carbocycles. The first-order valence-corrected chi connectivity index (χ1v) is 12.5. The third-order valence-corrected chi connectivity index (χ3v) is 6.99. The minimum absolute atomic E-state index is 0.126. The number of hydrogen-bond acceptors (Lipinski definition) is 6. The topological polar surface area (TPSA) is 73.9 Å². The van der Waals surface area contributed by atoms with Gasteiger partial charge in [-0.2, -0.15) is 0 Å². The van der Waals surface area contributed by atoms with E-state index >= 15 is 0 Å². The fourth-order valence-electron chi connectivity index (χ4n) is 5.33. The van der Waals surface area contributed by atoms with E-state index in [2.05, 4.69) is 5.32 Å². The molecule has 0 saturated carbocycles. The molecule has 1 spiro atoms. The quantitative estimate of drug-likeness (QED) is 0.203. The number of esters is 2. The molecule has 6 nitrogen and oxygen atoms in total. The molecule has 2 aliphatic heterocycles. The van der Waals surface area contributed by atoms with Crippen molar-refractivity contribution < 1.29 is 23.8 Å². The van der Waals surface area contributed by atoms with Gasteiger partial charge in [-0.05, 0) is 48.5 Å². The smallest absolute Gasteiger partial charge is 0.344 e. The van der Waals surface area contributed by atoms with Crippen molar-refractivity contribution in [1.29, 1.82) is 0 Å². The number of anilines is 2. The Balaban J connectivity index is 1.49. The summed E-state index contributed by atoms with van der Waals surface area (Å²) >= 11 is 0. The monoisotopic (exact) mass is 511 g/mol. The predicted octanol–water partition coefficient (Wildman–Crippen LogP) is 7.22. The lowest BCUT2D eigenvalue weighted by atomic mass is 9.76. The van der Waals surface area contributed by atoms with Crippen LogP contribution in [0.25, 0.3) is 0 Å². The van der Waals surface area contributed by atoms with Crippen LogP contribution in [0.2, 0.25) is 0 Å². The number of carbonyl (C=O) groups excluding carboxylic acids is 2. The molecule has 0 unspecified atom stereocenters. The predicted molar refractivity (Wildman–Crippen MR) is 146 cm³/mol. The van der Waals surface area contributed by atoms with E-state index in [-0.39, 0.29) is 11.3 Å². The molecule has 6 heteroatoms. The number of nitrogens with one attached hydrogen (secondary N) is 1. The fraction of sp³-hybridized carbons (Fsp3) is 0.0303.